The lowest BCUT2D eigenvalue weighted by Crippen LogP contribution is -2.57. The third-order valence-corrected chi connectivity index (χ3v) is 3.55. The first-order valence-corrected chi connectivity index (χ1v) is 6.82. The maximum atomic E-state index is 5.60. The number of quaternary nitrogens is 1. The Morgan fingerprint density at radius 3 is 2.47 bits per heavy atom. The van der Waals surface area contributed by atoms with Crippen molar-refractivity contribution in [2.75, 3.05) is 66.3 Å². The van der Waals surface area contributed by atoms with Crippen molar-refractivity contribution >= 4 is 0 Å². The maximum Gasteiger partial charge on any atom is 0.103 e. The van der Waals surface area contributed by atoms with Gasteiger partial charge in [0, 0.05) is 7.11 Å². The summed E-state index contributed by atoms with van der Waals surface area (Å²) >= 11 is 0. The zero-order valence-electron chi connectivity index (χ0n) is 11.5. The zero-order valence-corrected chi connectivity index (χ0v) is 11.5. The molecule has 1 aliphatic heterocycles. The third-order valence-electron chi connectivity index (χ3n) is 3.55. The molecule has 1 rings (SSSR count). The van der Waals surface area contributed by atoms with Gasteiger partial charge < -0.3 is 18.7 Å². The van der Waals surface area contributed by atoms with Crippen molar-refractivity contribution in [3.05, 3.63) is 0 Å². The number of nitrogens with zero attached hydrogens (tertiary/aromatic N) is 1. The van der Waals surface area contributed by atoms with Crippen LogP contribution in [-0.4, -0.2) is 70.8 Å². The van der Waals surface area contributed by atoms with Crippen LogP contribution in [0, 0.1) is 0 Å². The highest BCUT2D eigenvalue weighted by Gasteiger charge is 2.29. The fourth-order valence-electron chi connectivity index (χ4n) is 2.29. The molecule has 0 amide bonds. The summed E-state index contributed by atoms with van der Waals surface area (Å²) in [5.41, 5.74) is 0. The first-order chi connectivity index (χ1) is 8.33. The summed E-state index contributed by atoms with van der Waals surface area (Å²) in [6.07, 6.45) is 2.57. The van der Waals surface area contributed by atoms with Gasteiger partial charge in [0.1, 0.15) is 19.6 Å². The number of rotatable bonds is 9. The summed E-state index contributed by atoms with van der Waals surface area (Å²) in [4.78, 5) is 0. The van der Waals surface area contributed by atoms with Crippen LogP contribution in [-0.2, 0) is 14.2 Å². The van der Waals surface area contributed by atoms with Gasteiger partial charge in [-0.2, -0.15) is 0 Å². The Balaban J connectivity index is 2.24. The van der Waals surface area contributed by atoms with Crippen LogP contribution in [0.5, 0.6) is 0 Å². The number of morpholine rings is 1. The molecule has 1 heterocycles. The minimum atomic E-state index is 0.693. The molecule has 0 N–H and O–H groups in total. The predicted octanol–water partition coefficient (Wildman–Crippen LogP) is 1.30. The molecule has 1 saturated heterocycles. The van der Waals surface area contributed by atoms with Gasteiger partial charge in [-0.1, -0.05) is 13.3 Å². The molecule has 4 nitrogen and oxygen atoms in total. The summed E-state index contributed by atoms with van der Waals surface area (Å²) in [5, 5.41) is 0. The van der Waals surface area contributed by atoms with Crippen LogP contribution in [0.15, 0.2) is 0 Å². The van der Waals surface area contributed by atoms with Crippen molar-refractivity contribution in [1.82, 2.24) is 0 Å². The highest BCUT2D eigenvalue weighted by Crippen LogP contribution is 2.13. The molecule has 0 aromatic heterocycles. The molecule has 0 aromatic rings. The lowest BCUT2D eigenvalue weighted by Gasteiger charge is -2.41. The number of unbranched alkanes of at least 4 members (excludes halogenated alkanes) is 1. The second kappa shape index (κ2) is 8.86. The van der Waals surface area contributed by atoms with Gasteiger partial charge in [-0.25, -0.2) is 0 Å². The molecule has 17 heavy (non-hydrogen) atoms. The van der Waals surface area contributed by atoms with E-state index in [0.717, 1.165) is 39.5 Å². The minimum absolute atomic E-state index is 0.693. The molecule has 0 atom stereocenters. The van der Waals surface area contributed by atoms with Crippen molar-refractivity contribution in [1.29, 1.82) is 0 Å². The predicted molar refractivity (Wildman–Crippen MR) is 68.2 cm³/mol. The molecule has 0 aliphatic carbocycles. The second-order valence-corrected chi connectivity index (χ2v) is 4.81. The Bertz CT molecular complexity index is 182. The van der Waals surface area contributed by atoms with E-state index in [0.29, 0.717) is 13.2 Å². The van der Waals surface area contributed by atoms with E-state index >= 15 is 0 Å². The van der Waals surface area contributed by atoms with Gasteiger partial charge in [0.25, 0.3) is 0 Å². The minimum Gasteiger partial charge on any atom is -0.382 e. The molecule has 0 spiro atoms. The monoisotopic (exact) mass is 246 g/mol. The van der Waals surface area contributed by atoms with Crippen LogP contribution in [0.25, 0.3) is 0 Å². The Labute approximate surface area is 105 Å². The first-order valence-electron chi connectivity index (χ1n) is 6.82. The molecule has 0 radical (unpaired) electrons. The number of methoxy groups -OCH3 is 1. The zero-order chi connectivity index (χ0) is 12.4. The normalized spacial score (nSPS) is 19.4. The Morgan fingerprint density at radius 1 is 1.06 bits per heavy atom. The van der Waals surface area contributed by atoms with Gasteiger partial charge in [0.2, 0.25) is 0 Å². The van der Waals surface area contributed by atoms with Crippen LogP contribution < -0.4 is 0 Å². The van der Waals surface area contributed by atoms with E-state index < -0.39 is 0 Å². The van der Waals surface area contributed by atoms with Gasteiger partial charge in [-0.05, 0) is 6.42 Å². The largest absolute Gasteiger partial charge is 0.382 e. The van der Waals surface area contributed by atoms with Crippen LogP contribution in [0.4, 0.5) is 0 Å². The molecule has 0 bridgehead atoms. The lowest BCUT2D eigenvalue weighted by atomic mass is 10.2. The van der Waals surface area contributed by atoms with Crippen LogP contribution in [0.1, 0.15) is 19.8 Å². The fourth-order valence-corrected chi connectivity index (χ4v) is 2.29. The molecule has 1 fully saturated rings. The molecule has 102 valence electrons. The first kappa shape index (κ1) is 14.9. The summed E-state index contributed by atoms with van der Waals surface area (Å²) in [6, 6.07) is 0. The van der Waals surface area contributed by atoms with Gasteiger partial charge in [0.05, 0.1) is 39.6 Å². The summed E-state index contributed by atoms with van der Waals surface area (Å²) in [5.74, 6) is 0. The van der Waals surface area contributed by atoms with Gasteiger partial charge in [-0.15, -0.1) is 0 Å². The average molecular weight is 246 g/mol. The van der Waals surface area contributed by atoms with E-state index in [1.807, 2.05) is 0 Å². The van der Waals surface area contributed by atoms with Gasteiger partial charge >= 0.3 is 0 Å². The molecule has 0 unspecified atom stereocenters. The maximum absolute atomic E-state index is 5.60. The van der Waals surface area contributed by atoms with E-state index in [9.17, 15) is 0 Å². The Kier molecular flexibility index (Phi) is 7.77. The average Bonchev–Trinajstić information content (AvgIpc) is 2.37. The molecular formula is C13H28NO3+. The molecule has 1 aliphatic rings. The highest BCUT2D eigenvalue weighted by molar-refractivity contribution is 4.51. The van der Waals surface area contributed by atoms with Crippen molar-refractivity contribution in [2.24, 2.45) is 0 Å². The smallest absolute Gasteiger partial charge is 0.103 e. The highest BCUT2D eigenvalue weighted by atomic mass is 16.5. The van der Waals surface area contributed by atoms with Gasteiger partial charge in [-0.3, -0.25) is 0 Å². The lowest BCUT2D eigenvalue weighted by molar-refractivity contribution is -0.935. The van der Waals surface area contributed by atoms with Crippen molar-refractivity contribution in [2.45, 2.75) is 19.8 Å². The molecule has 4 heteroatoms. The quantitative estimate of drug-likeness (QED) is 0.453. The fraction of sp³-hybridized carbons (Fsp3) is 1.00. The SMILES string of the molecule is CCCC[N+]1(CCOCCOC)CCOCC1. The molecule has 0 saturated carbocycles. The standard InChI is InChI=1S/C13H28NO3/c1-3-4-5-14(6-9-16-10-7-14)8-11-17-13-12-15-2/h3-13H2,1-2H3/q+1. The van der Waals surface area contributed by atoms with E-state index in [-0.39, 0.29) is 0 Å². The van der Waals surface area contributed by atoms with Crippen LogP contribution in [0.3, 0.4) is 0 Å². The van der Waals surface area contributed by atoms with E-state index in [1.54, 1.807) is 7.11 Å². The van der Waals surface area contributed by atoms with Crippen molar-refractivity contribution in [3.63, 3.8) is 0 Å². The second-order valence-electron chi connectivity index (χ2n) is 4.81. The van der Waals surface area contributed by atoms with Gasteiger partial charge in [0.15, 0.2) is 0 Å². The third kappa shape index (κ3) is 5.82. The molecule has 0 aromatic carbocycles. The van der Waals surface area contributed by atoms with Crippen molar-refractivity contribution < 1.29 is 18.7 Å². The van der Waals surface area contributed by atoms with Crippen molar-refractivity contribution in [3.8, 4) is 0 Å². The molecular weight excluding hydrogens is 218 g/mol. The number of hydrogen-bond acceptors (Lipinski definition) is 3. The number of hydrogen-bond donors (Lipinski definition) is 0. The Hall–Kier alpha value is -0.160. The van der Waals surface area contributed by atoms with Crippen LogP contribution >= 0.6 is 0 Å². The van der Waals surface area contributed by atoms with Crippen LogP contribution in [0.2, 0.25) is 0 Å². The number of ether oxygens (including phenoxy) is 3. The topological polar surface area (TPSA) is 27.7 Å². The van der Waals surface area contributed by atoms with E-state index in [2.05, 4.69) is 6.92 Å². The summed E-state index contributed by atoms with van der Waals surface area (Å²) in [7, 11) is 1.71. The van der Waals surface area contributed by atoms with E-state index in [4.69, 9.17) is 14.2 Å². The summed E-state index contributed by atoms with van der Waals surface area (Å²) in [6.45, 7) is 11.0. The summed E-state index contributed by atoms with van der Waals surface area (Å²) < 4.78 is 17.2. The Morgan fingerprint density at radius 2 is 1.82 bits per heavy atom. The van der Waals surface area contributed by atoms with E-state index in [1.165, 1.54) is 23.9 Å².